The number of aromatic nitrogens is 2. The van der Waals surface area contributed by atoms with Gasteiger partial charge in [-0.1, -0.05) is 67.9 Å². The summed E-state index contributed by atoms with van der Waals surface area (Å²) in [5.41, 5.74) is 1.50. The summed E-state index contributed by atoms with van der Waals surface area (Å²) in [6, 6.07) is 8.45. The number of rotatable bonds is 8. The van der Waals surface area contributed by atoms with E-state index in [1.165, 1.54) is 0 Å². The summed E-state index contributed by atoms with van der Waals surface area (Å²) in [5.74, 6) is -0.475. The van der Waals surface area contributed by atoms with Gasteiger partial charge in [-0.25, -0.2) is 0 Å². The summed E-state index contributed by atoms with van der Waals surface area (Å²) < 4.78 is 4.03. The molecule has 3 atom stereocenters. The number of carbonyl (C=O) groups is 3. The molecule has 188 valence electrons. The number of carbonyl (C=O) groups excluding carboxylic acids is 3. The van der Waals surface area contributed by atoms with Crippen molar-refractivity contribution in [3.63, 3.8) is 0 Å². The number of anilines is 1. The lowest BCUT2D eigenvalue weighted by atomic mass is 9.83. The largest absolute Gasteiger partial charge is 0.344 e. The minimum absolute atomic E-state index is 0.0835. The van der Waals surface area contributed by atoms with E-state index in [0.717, 1.165) is 62.0 Å². The monoisotopic (exact) mass is 497 g/mol. The normalized spacial score (nSPS) is 20.3. The van der Waals surface area contributed by atoms with Gasteiger partial charge in [-0.15, -0.1) is 5.10 Å². The van der Waals surface area contributed by atoms with Crippen molar-refractivity contribution in [2.24, 2.45) is 11.8 Å². The van der Waals surface area contributed by atoms with Crippen LogP contribution in [0.15, 0.2) is 30.3 Å². The third-order valence-electron chi connectivity index (χ3n) is 7.36. The predicted molar refractivity (Wildman–Crippen MR) is 137 cm³/mol. The zero-order valence-electron chi connectivity index (χ0n) is 20.5. The Balaban J connectivity index is 1.50. The summed E-state index contributed by atoms with van der Waals surface area (Å²) in [6.07, 6.45) is 7.23. The third-order valence-corrected chi connectivity index (χ3v) is 8.00. The maximum Gasteiger partial charge on any atom is 0.247 e. The van der Waals surface area contributed by atoms with Crippen LogP contribution in [0.2, 0.25) is 0 Å². The molecule has 1 aromatic heterocycles. The summed E-state index contributed by atoms with van der Waals surface area (Å²) >= 11 is 1.13. The van der Waals surface area contributed by atoms with Gasteiger partial charge in [0.15, 0.2) is 0 Å². The second-order valence-electron chi connectivity index (χ2n) is 9.69. The molecule has 2 aromatic rings. The van der Waals surface area contributed by atoms with Crippen molar-refractivity contribution in [3.8, 4) is 11.3 Å². The molecule has 9 heteroatoms. The molecule has 1 saturated heterocycles. The Hall–Kier alpha value is -2.81. The Morgan fingerprint density at radius 2 is 1.83 bits per heavy atom. The Morgan fingerprint density at radius 3 is 2.54 bits per heavy atom. The highest BCUT2D eigenvalue weighted by Gasteiger charge is 2.41. The fraction of sp³-hybridized carbons (Fsp3) is 0.577. The van der Waals surface area contributed by atoms with Gasteiger partial charge in [0.25, 0.3) is 0 Å². The molecule has 2 N–H and O–H groups in total. The van der Waals surface area contributed by atoms with Crippen molar-refractivity contribution in [1.29, 1.82) is 0 Å². The lowest BCUT2D eigenvalue weighted by molar-refractivity contribution is -0.142. The van der Waals surface area contributed by atoms with Gasteiger partial charge in [0.2, 0.25) is 17.7 Å². The van der Waals surface area contributed by atoms with Gasteiger partial charge in [-0.05, 0) is 38.0 Å². The predicted octanol–water partition coefficient (Wildman–Crippen LogP) is 4.25. The van der Waals surface area contributed by atoms with Crippen LogP contribution >= 0.6 is 11.5 Å². The number of nitrogens with zero attached hydrogens (tertiary/aromatic N) is 3. The summed E-state index contributed by atoms with van der Waals surface area (Å²) in [5, 5.41) is 10.8. The molecule has 2 fully saturated rings. The van der Waals surface area contributed by atoms with Crippen LogP contribution in [-0.2, 0) is 14.4 Å². The first-order valence-electron chi connectivity index (χ1n) is 12.8. The van der Waals surface area contributed by atoms with E-state index in [1.54, 1.807) is 4.90 Å². The van der Waals surface area contributed by atoms with Gasteiger partial charge in [0.05, 0.1) is 0 Å². The van der Waals surface area contributed by atoms with E-state index in [0.29, 0.717) is 23.7 Å². The fourth-order valence-corrected chi connectivity index (χ4v) is 5.66. The summed E-state index contributed by atoms with van der Waals surface area (Å²) in [4.78, 5) is 41.6. The van der Waals surface area contributed by atoms with Crippen LogP contribution < -0.4 is 10.6 Å². The van der Waals surface area contributed by atoms with E-state index in [1.807, 2.05) is 44.2 Å². The van der Waals surface area contributed by atoms with E-state index in [9.17, 15) is 14.4 Å². The lowest BCUT2D eigenvalue weighted by Crippen LogP contribution is -2.56. The highest BCUT2D eigenvalue weighted by Crippen LogP contribution is 2.32. The molecule has 8 nitrogen and oxygen atoms in total. The molecule has 1 saturated carbocycles. The average molecular weight is 498 g/mol. The molecule has 4 rings (SSSR count). The van der Waals surface area contributed by atoms with Crippen molar-refractivity contribution in [2.75, 3.05) is 11.9 Å². The third kappa shape index (κ3) is 5.89. The SMILES string of the molecule is CC[C@@H](C)C(=O)N[C@H](C(=O)N1CCC[C@H]1C(=O)Nc1snnc1-c1ccccc1)C1CCCCC1. The minimum Gasteiger partial charge on any atom is -0.344 e. The number of amides is 3. The number of likely N-dealkylation sites (tertiary alicyclic amines) is 1. The second-order valence-corrected chi connectivity index (χ2v) is 10.4. The maximum absolute atomic E-state index is 13.8. The van der Waals surface area contributed by atoms with Crippen molar-refractivity contribution in [3.05, 3.63) is 30.3 Å². The fourth-order valence-electron chi connectivity index (χ4n) is 5.06. The van der Waals surface area contributed by atoms with E-state index < -0.39 is 12.1 Å². The topological polar surface area (TPSA) is 104 Å². The van der Waals surface area contributed by atoms with Crippen LogP contribution in [0.4, 0.5) is 5.00 Å². The van der Waals surface area contributed by atoms with E-state index in [2.05, 4.69) is 20.2 Å². The molecule has 1 aliphatic heterocycles. The number of benzene rings is 1. The Labute approximate surface area is 211 Å². The standard InChI is InChI=1S/C26H35N5O3S/c1-3-17(2)23(32)27-22(19-13-8-5-9-14-19)26(34)31-16-10-15-20(31)24(33)28-25-21(29-30-35-25)18-11-6-4-7-12-18/h4,6-7,11-12,17,19-20,22H,3,5,8-10,13-16H2,1-2H3,(H,27,32)(H,28,33)/t17-,20+,22+/m1/s1. The minimum atomic E-state index is -0.574. The lowest BCUT2D eigenvalue weighted by Gasteiger charge is -2.35. The van der Waals surface area contributed by atoms with Crippen LogP contribution in [0.5, 0.6) is 0 Å². The van der Waals surface area contributed by atoms with E-state index in [-0.39, 0.29) is 29.6 Å². The van der Waals surface area contributed by atoms with E-state index >= 15 is 0 Å². The van der Waals surface area contributed by atoms with Crippen molar-refractivity contribution < 1.29 is 14.4 Å². The summed E-state index contributed by atoms with van der Waals surface area (Å²) in [7, 11) is 0. The average Bonchev–Trinajstić information content (AvgIpc) is 3.57. The maximum atomic E-state index is 13.8. The number of nitrogens with one attached hydrogen (secondary N) is 2. The molecular formula is C26H35N5O3S. The molecule has 0 unspecified atom stereocenters. The zero-order valence-corrected chi connectivity index (χ0v) is 21.4. The molecule has 2 heterocycles. The highest BCUT2D eigenvalue weighted by atomic mass is 32.1. The van der Waals surface area contributed by atoms with Crippen molar-refractivity contribution >= 4 is 34.3 Å². The van der Waals surface area contributed by atoms with Crippen LogP contribution in [0.3, 0.4) is 0 Å². The van der Waals surface area contributed by atoms with Crippen LogP contribution in [0, 0.1) is 11.8 Å². The number of hydrogen-bond acceptors (Lipinski definition) is 6. The van der Waals surface area contributed by atoms with Crippen LogP contribution in [0.25, 0.3) is 11.3 Å². The van der Waals surface area contributed by atoms with Gasteiger partial charge in [0.1, 0.15) is 22.8 Å². The second kappa shape index (κ2) is 11.7. The molecule has 3 amide bonds. The Bertz CT molecular complexity index is 1020. The van der Waals surface area contributed by atoms with Gasteiger partial charge in [0, 0.05) is 29.6 Å². The quantitative estimate of drug-likeness (QED) is 0.568. The first kappa shape index (κ1) is 25.3. The zero-order chi connectivity index (χ0) is 24.8. The van der Waals surface area contributed by atoms with Gasteiger partial charge >= 0.3 is 0 Å². The van der Waals surface area contributed by atoms with Gasteiger partial charge in [-0.2, -0.15) is 0 Å². The van der Waals surface area contributed by atoms with Gasteiger partial charge < -0.3 is 15.5 Å². The summed E-state index contributed by atoms with van der Waals surface area (Å²) in [6.45, 7) is 4.38. The highest BCUT2D eigenvalue weighted by molar-refractivity contribution is 7.10. The molecule has 0 spiro atoms. The number of hydrogen-bond donors (Lipinski definition) is 2. The van der Waals surface area contributed by atoms with Crippen LogP contribution in [-0.4, -0.2) is 50.8 Å². The molecule has 0 bridgehead atoms. The van der Waals surface area contributed by atoms with Crippen molar-refractivity contribution in [1.82, 2.24) is 19.8 Å². The molecule has 0 radical (unpaired) electrons. The molecule has 2 aliphatic rings. The smallest absolute Gasteiger partial charge is 0.247 e. The van der Waals surface area contributed by atoms with Gasteiger partial charge in [-0.3, -0.25) is 14.4 Å². The Morgan fingerprint density at radius 1 is 1.09 bits per heavy atom. The van der Waals surface area contributed by atoms with E-state index in [4.69, 9.17) is 0 Å². The van der Waals surface area contributed by atoms with Crippen LogP contribution in [0.1, 0.15) is 65.2 Å². The molecule has 1 aromatic carbocycles. The first-order chi connectivity index (χ1) is 17.0. The molecule has 1 aliphatic carbocycles. The molecular weight excluding hydrogens is 462 g/mol. The van der Waals surface area contributed by atoms with Crippen molar-refractivity contribution in [2.45, 2.75) is 77.3 Å². The first-order valence-corrected chi connectivity index (χ1v) is 13.6. The molecule has 35 heavy (non-hydrogen) atoms. The Kier molecular flexibility index (Phi) is 8.49.